The molecule has 0 spiro atoms. The normalized spacial score (nSPS) is 12.5. The number of benzene rings is 4. The molecule has 0 fully saturated rings. The first-order valence-electron chi connectivity index (χ1n) is 17.2. The summed E-state index contributed by atoms with van der Waals surface area (Å²) < 4.78 is 0. The summed E-state index contributed by atoms with van der Waals surface area (Å²) in [4.78, 5) is 51.3. The summed E-state index contributed by atoms with van der Waals surface area (Å²) in [7, 11) is 0. The monoisotopic (exact) mass is 740 g/mol. The summed E-state index contributed by atoms with van der Waals surface area (Å²) in [6, 6.07) is 19.0. The van der Waals surface area contributed by atoms with Crippen molar-refractivity contribution in [1.82, 2.24) is 0 Å². The molecule has 2 unspecified atom stereocenters. The lowest BCUT2D eigenvalue weighted by atomic mass is 10.0. The van der Waals surface area contributed by atoms with E-state index >= 15 is 0 Å². The van der Waals surface area contributed by atoms with Gasteiger partial charge < -0.3 is 10.6 Å². The lowest BCUT2D eigenvalue weighted by Gasteiger charge is -2.16. The number of anilines is 2. The number of nitrogens with zero attached hydrogens (tertiary/aromatic N) is 4. The number of para-hydroxylation sites is 2. The maximum atomic E-state index is 13.2. The Morgan fingerprint density at radius 1 is 0.558 bits per heavy atom. The molecule has 0 radical (unpaired) electrons. The summed E-state index contributed by atoms with van der Waals surface area (Å²) in [6.45, 7) is 10.6. The van der Waals surface area contributed by atoms with Crippen LogP contribution in [-0.4, -0.2) is 35.5 Å². The Hall–Kier alpha value is -5.06. The summed E-state index contributed by atoms with van der Waals surface area (Å²) in [5, 5.41) is 22.7. The number of carbonyl (C=O) groups excluding carboxylic acids is 4. The maximum absolute atomic E-state index is 13.2. The molecule has 0 saturated carbocycles. The van der Waals surface area contributed by atoms with Crippen LogP contribution >= 0.6 is 23.2 Å². The number of ketones is 2. The van der Waals surface area contributed by atoms with Gasteiger partial charge in [-0.1, -0.05) is 99.4 Å². The smallest absolute Gasteiger partial charge is 0.258 e. The van der Waals surface area contributed by atoms with Gasteiger partial charge >= 0.3 is 0 Å². The van der Waals surface area contributed by atoms with Gasteiger partial charge in [0.25, 0.3) is 11.8 Å². The molecular weight excluding hydrogens is 699 g/mol. The molecule has 0 aliphatic carbocycles. The molecule has 0 saturated heterocycles. The van der Waals surface area contributed by atoms with E-state index in [1.807, 2.05) is 64.1 Å². The van der Waals surface area contributed by atoms with Crippen LogP contribution in [0.1, 0.15) is 63.8 Å². The maximum Gasteiger partial charge on any atom is 0.258 e. The number of aryl methyl sites for hydroxylation is 4. The predicted molar refractivity (Wildman–Crippen MR) is 208 cm³/mol. The molecule has 4 aromatic rings. The standard InChI is InChI=1S/C40H42Cl2N6O4/c1-7-25-13-11-14-26(8-2)37(25)43-39(51)35(23(5)49)47-45-33-19-17-29(21-31(33)41)30-18-20-34(32(42)22-30)46-48-36(24(6)50)40(52)44-38-27(9-3)15-12-16-28(38)10-4/h11-22,35-36H,7-10H2,1-6H3,(H,43,51)(H,44,52). The van der Waals surface area contributed by atoms with E-state index in [0.717, 1.165) is 22.3 Å². The van der Waals surface area contributed by atoms with Crippen LogP contribution in [0.5, 0.6) is 0 Å². The van der Waals surface area contributed by atoms with Crippen LogP contribution in [0.3, 0.4) is 0 Å². The SMILES string of the molecule is CCc1cccc(CC)c1NC(=O)C(N=Nc1ccc(-c2ccc(N=NC(C(C)=O)C(=O)Nc3c(CC)cccc3CC)c(Cl)c2)cc1Cl)C(C)=O. The summed E-state index contributed by atoms with van der Waals surface area (Å²) >= 11 is 13.1. The number of hydrogen-bond acceptors (Lipinski definition) is 8. The quantitative estimate of drug-likeness (QED) is 0.0924. The number of nitrogens with one attached hydrogen (secondary N) is 2. The molecule has 0 aromatic heterocycles. The second kappa shape index (κ2) is 18.4. The van der Waals surface area contributed by atoms with Crippen molar-refractivity contribution in [3.05, 3.63) is 105 Å². The van der Waals surface area contributed by atoms with Crippen molar-refractivity contribution >= 4 is 69.3 Å². The summed E-state index contributed by atoms with van der Waals surface area (Å²) in [5.41, 5.74) is 7.16. The molecule has 4 rings (SSSR count). The topological polar surface area (TPSA) is 142 Å². The van der Waals surface area contributed by atoms with Gasteiger partial charge in [-0.2, -0.15) is 20.5 Å². The van der Waals surface area contributed by atoms with Gasteiger partial charge in [0.2, 0.25) is 12.1 Å². The molecule has 2 N–H and O–H groups in total. The van der Waals surface area contributed by atoms with E-state index in [2.05, 4.69) is 31.1 Å². The van der Waals surface area contributed by atoms with Crippen LogP contribution in [-0.2, 0) is 44.9 Å². The molecule has 10 nitrogen and oxygen atoms in total. The minimum absolute atomic E-state index is 0.236. The molecule has 0 aliphatic rings. The van der Waals surface area contributed by atoms with E-state index in [1.165, 1.54) is 13.8 Å². The number of hydrogen-bond donors (Lipinski definition) is 2. The average molecular weight is 742 g/mol. The number of rotatable bonds is 15. The third-order valence-electron chi connectivity index (χ3n) is 8.55. The zero-order chi connectivity index (χ0) is 37.9. The van der Waals surface area contributed by atoms with Gasteiger partial charge in [-0.3, -0.25) is 19.2 Å². The van der Waals surface area contributed by atoms with Gasteiger partial charge in [0, 0.05) is 11.4 Å². The average Bonchev–Trinajstić information content (AvgIpc) is 3.12. The second-order valence-corrected chi connectivity index (χ2v) is 12.9. The number of Topliss-reactive ketones (excluding diaryl/α,β-unsaturated/α-hetero) is 2. The van der Waals surface area contributed by atoms with Crippen molar-refractivity contribution in [3.63, 3.8) is 0 Å². The van der Waals surface area contributed by atoms with Gasteiger partial charge in [-0.15, -0.1) is 0 Å². The fourth-order valence-corrected chi connectivity index (χ4v) is 6.04. The number of halogens is 2. The van der Waals surface area contributed by atoms with Crippen molar-refractivity contribution in [2.45, 2.75) is 79.3 Å². The molecule has 270 valence electrons. The molecule has 0 aliphatic heterocycles. The first-order chi connectivity index (χ1) is 24.9. The third-order valence-corrected chi connectivity index (χ3v) is 9.16. The Bertz CT molecular complexity index is 1860. The predicted octanol–water partition coefficient (Wildman–Crippen LogP) is 10.3. The number of azo groups is 2. The van der Waals surface area contributed by atoms with Crippen LogP contribution < -0.4 is 10.6 Å². The third kappa shape index (κ3) is 9.63. The van der Waals surface area contributed by atoms with E-state index in [4.69, 9.17) is 23.2 Å². The summed E-state index contributed by atoms with van der Waals surface area (Å²) in [5.74, 6) is -2.07. The second-order valence-electron chi connectivity index (χ2n) is 12.1. The molecule has 0 heterocycles. The highest BCUT2D eigenvalue weighted by atomic mass is 35.5. The van der Waals surface area contributed by atoms with Gasteiger partial charge in [-0.25, -0.2) is 0 Å². The fourth-order valence-electron chi connectivity index (χ4n) is 5.60. The van der Waals surface area contributed by atoms with Crippen LogP contribution in [0.25, 0.3) is 11.1 Å². The van der Waals surface area contributed by atoms with Crippen LogP contribution in [0.2, 0.25) is 10.0 Å². The van der Waals surface area contributed by atoms with E-state index in [-0.39, 0.29) is 21.4 Å². The Labute approximate surface area is 314 Å². The number of carbonyl (C=O) groups is 4. The largest absolute Gasteiger partial charge is 0.323 e. The summed E-state index contributed by atoms with van der Waals surface area (Å²) in [6.07, 6.45) is 2.85. The highest BCUT2D eigenvalue weighted by Crippen LogP contribution is 2.35. The molecule has 4 aromatic carbocycles. The first-order valence-corrected chi connectivity index (χ1v) is 17.9. The van der Waals surface area contributed by atoms with Gasteiger partial charge in [-0.05, 0) is 97.2 Å². The van der Waals surface area contributed by atoms with E-state index in [9.17, 15) is 19.2 Å². The minimum atomic E-state index is -1.36. The van der Waals surface area contributed by atoms with Crippen LogP contribution in [0, 0.1) is 0 Å². The van der Waals surface area contributed by atoms with Crippen molar-refractivity contribution < 1.29 is 19.2 Å². The minimum Gasteiger partial charge on any atom is -0.323 e. The van der Waals surface area contributed by atoms with E-state index in [0.29, 0.717) is 48.2 Å². The van der Waals surface area contributed by atoms with Crippen molar-refractivity contribution in [1.29, 1.82) is 0 Å². The zero-order valence-electron chi connectivity index (χ0n) is 30.1. The highest BCUT2D eigenvalue weighted by molar-refractivity contribution is 6.34. The fraction of sp³-hybridized carbons (Fsp3) is 0.300. The lowest BCUT2D eigenvalue weighted by molar-refractivity contribution is -0.127. The molecule has 2 amide bonds. The Kier molecular flexibility index (Phi) is 14.1. The Morgan fingerprint density at radius 3 is 1.15 bits per heavy atom. The molecular formula is C40H42Cl2N6O4. The van der Waals surface area contributed by atoms with Crippen molar-refractivity contribution in [2.75, 3.05) is 10.6 Å². The van der Waals surface area contributed by atoms with Crippen molar-refractivity contribution in [2.24, 2.45) is 20.5 Å². The number of amides is 2. The lowest BCUT2D eigenvalue weighted by Crippen LogP contribution is -2.32. The van der Waals surface area contributed by atoms with Gasteiger partial charge in [0.1, 0.15) is 11.4 Å². The van der Waals surface area contributed by atoms with Gasteiger partial charge in [0.05, 0.1) is 10.0 Å². The zero-order valence-corrected chi connectivity index (χ0v) is 31.6. The van der Waals surface area contributed by atoms with E-state index < -0.39 is 35.5 Å². The van der Waals surface area contributed by atoms with Gasteiger partial charge in [0.15, 0.2) is 11.6 Å². The first kappa shape index (κ1) is 39.7. The Balaban J connectivity index is 1.50. The molecule has 2 atom stereocenters. The Morgan fingerprint density at radius 2 is 0.885 bits per heavy atom. The van der Waals surface area contributed by atoms with Crippen LogP contribution in [0.4, 0.5) is 22.7 Å². The van der Waals surface area contributed by atoms with Crippen LogP contribution in [0.15, 0.2) is 93.3 Å². The van der Waals surface area contributed by atoms with E-state index in [1.54, 1.807) is 36.4 Å². The molecule has 12 heteroatoms. The van der Waals surface area contributed by atoms with Crippen molar-refractivity contribution in [3.8, 4) is 11.1 Å². The molecule has 0 bridgehead atoms. The molecule has 52 heavy (non-hydrogen) atoms. The highest BCUT2D eigenvalue weighted by Gasteiger charge is 2.26.